The van der Waals surface area contributed by atoms with Crippen LogP contribution in [-0.4, -0.2) is 48.9 Å². The number of nitrogens with one attached hydrogen (secondary N) is 1. The number of aromatic nitrogens is 3. The van der Waals surface area contributed by atoms with Gasteiger partial charge < -0.3 is 26.0 Å². The van der Waals surface area contributed by atoms with Crippen molar-refractivity contribution in [3.8, 4) is 11.4 Å². The molecule has 2 aromatic heterocycles. The summed E-state index contributed by atoms with van der Waals surface area (Å²) in [5.41, 5.74) is 4.62. The molecule has 11 heteroatoms. The van der Waals surface area contributed by atoms with Crippen LogP contribution in [0.5, 0.6) is 0 Å². The fraction of sp³-hybridized carbons (Fsp3) is 0.360. The Labute approximate surface area is 205 Å². The van der Waals surface area contributed by atoms with Crippen LogP contribution in [0.2, 0.25) is 0 Å². The fourth-order valence-electron chi connectivity index (χ4n) is 4.95. The van der Waals surface area contributed by atoms with Gasteiger partial charge in [-0.1, -0.05) is 18.9 Å². The Morgan fingerprint density at radius 3 is 2.75 bits per heavy atom. The first-order valence-electron chi connectivity index (χ1n) is 11.7. The molecule has 1 saturated carbocycles. The Bertz CT molecular complexity index is 1290. The number of carbonyl (C=O) groups is 1. The lowest BCUT2D eigenvalue weighted by Gasteiger charge is -2.49. The van der Waals surface area contributed by atoms with Crippen LogP contribution in [0, 0.1) is 11.6 Å². The molecular formula is C25H25F2N5O4. The number of benzene rings is 1. The quantitative estimate of drug-likeness (QED) is 0.430. The van der Waals surface area contributed by atoms with E-state index in [9.17, 15) is 23.8 Å². The number of fused-ring (bicyclic) bond motifs is 1. The van der Waals surface area contributed by atoms with E-state index in [4.69, 9.17) is 10.5 Å². The van der Waals surface area contributed by atoms with E-state index >= 15 is 0 Å². The van der Waals surface area contributed by atoms with E-state index < -0.39 is 47.0 Å². The smallest absolute Gasteiger partial charge is 0.276 e. The summed E-state index contributed by atoms with van der Waals surface area (Å²) in [4.78, 5) is 25.1. The first kappa shape index (κ1) is 24.2. The zero-order chi connectivity index (χ0) is 25.4. The standard InChI is InChI=1S/C25H25F2N5O4/c26-14-4-3-5-15(27)21(14)23-30-11-16(28)22(32-23)24(34)31-17-12-29-9-7-13(17)18-10-19(33)25(35)8-2-1-6-20(25)36-18/h3-5,7,9,11-12,18-20,33,35H,1-2,6,8,10,28H2,(H,31,34)/t18-,19-,20-,25+/m1/s1. The Hall–Kier alpha value is -3.54. The number of hydrogen-bond donors (Lipinski definition) is 4. The molecule has 4 atom stereocenters. The van der Waals surface area contributed by atoms with Crippen molar-refractivity contribution in [1.82, 2.24) is 15.0 Å². The minimum atomic E-state index is -1.29. The lowest BCUT2D eigenvalue weighted by molar-refractivity contribution is -0.242. The van der Waals surface area contributed by atoms with Crippen molar-refractivity contribution in [3.05, 3.63) is 65.7 Å². The number of nitrogens with zero attached hydrogens (tertiary/aromatic N) is 3. The Balaban J connectivity index is 1.42. The number of pyridine rings is 1. The first-order valence-corrected chi connectivity index (χ1v) is 11.7. The molecule has 1 aromatic carbocycles. The molecule has 1 amide bonds. The molecule has 2 fully saturated rings. The van der Waals surface area contributed by atoms with Gasteiger partial charge in [-0.25, -0.2) is 18.7 Å². The highest BCUT2D eigenvalue weighted by Crippen LogP contribution is 2.45. The summed E-state index contributed by atoms with van der Waals surface area (Å²) < 4.78 is 34.7. The third-order valence-electron chi connectivity index (χ3n) is 6.86. The monoisotopic (exact) mass is 497 g/mol. The number of hydrogen-bond acceptors (Lipinski definition) is 8. The maximum Gasteiger partial charge on any atom is 0.276 e. The molecular weight excluding hydrogens is 472 g/mol. The number of carbonyl (C=O) groups excluding carboxylic acids is 1. The van der Waals surface area contributed by atoms with Crippen LogP contribution in [0.25, 0.3) is 11.4 Å². The molecule has 1 aliphatic heterocycles. The van der Waals surface area contributed by atoms with Crippen molar-refractivity contribution >= 4 is 17.3 Å². The topological polar surface area (TPSA) is 143 Å². The van der Waals surface area contributed by atoms with Gasteiger partial charge in [-0.05, 0) is 31.0 Å². The Morgan fingerprint density at radius 1 is 1.19 bits per heavy atom. The van der Waals surface area contributed by atoms with Crippen LogP contribution in [0.1, 0.15) is 54.3 Å². The van der Waals surface area contributed by atoms with E-state index in [2.05, 4.69) is 20.3 Å². The van der Waals surface area contributed by atoms with Crippen LogP contribution in [-0.2, 0) is 4.74 Å². The summed E-state index contributed by atoms with van der Waals surface area (Å²) >= 11 is 0. The van der Waals surface area contributed by atoms with Crippen LogP contribution < -0.4 is 11.1 Å². The zero-order valence-electron chi connectivity index (χ0n) is 19.2. The van der Waals surface area contributed by atoms with Gasteiger partial charge in [0, 0.05) is 18.2 Å². The fourth-order valence-corrected chi connectivity index (χ4v) is 4.95. The number of ether oxygens (including phenoxy) is 1. The molecule has 2 aliphatic rings. The van der Waals surface area contributed by atoms with E-state index in [1.165, 1.54) is 18.5 Å². The van der Waals surface area contributed by atoms with Crippen molar-refractivity contribution in [2.45, 2.75) is 56.0 Å². The molecule has 0 bridgehead atoms. The summed E-state index contributed by atoms with van der Waals surface area (Å²) in [5, 5.41) is 24.4. The average molecular weight is 498 g/mol. The van der Waals surface area contributed by atoms with Crippen molar-refractivity contribution in [1.29, 1.82) is 0 Å². The highest BCUT2D eigenvalue weighted by molar-refractivity contribution is 6.06. The molecule has 188 valence electrons. The summed E-state index contributed by atoms with van der Waals surface area (Å²) in [6.07, 6.45) is 4.82. The van der Waals surface area contributed by atoms with Gasteiger partial charge in [0.1, 0.15) is 17.2 Å². The van der Waals surface area contributed by atoms with Crippen molar-refractivity contribution < 1.29 is 28.5 Å². The molecule has 1 aliphatic carbocycles. The summed E-state index contributed by atoms with van der Waals surface area (Å²) in [6.45, 7) is 0. The van der Waals surface area contributed by atoms with Crippen molar-refractivity contribution in [3.63, 3.8) is 0 Å². The van der Waals surface area contributed by atoms with E-state index in [-0.39, 0.29) is 29.3 Å². The normalized spacial score (nSPS) is 25.7. The van der Waals surface area contributed by atoms with Gasteiger partial charge >= 0.3 is 0 Å². The van der Waals surface area contributed by atoms with Gasteiger partial charge in [-0.3, -0.25) is 9.78 Å². The average Bonchev–Trinajstić information content (AvgIpc) is 2.85. The van der Waals surface area contributed by atoms with Gasteiger partial charge in [-0.15, -0.1) is 0 Å². The number of aliphatic hydroxyl groups excluding tert-OH is 1. The van der Waals surface area contributed by atoms with Crippen molar-refractivity contribution in [2.75, 3.05) is 11.1 Å². The highest BCUT2D eigenvalue weighted by atomic mass is 19.1. The molecule has 3 aromatic rings. The molecule has 5 N–H and O–H groups in total. The van der Waals surface area contributed by atoms with E-state index in [0.29, 0.717) is 18.4 Å². The lowest BCUT2D eigenvalue weighted by Crippen LogP contribution is -2.58. The number of halogens is 2. The molecule has 36 heavy (non-hydrogen) atoms. The van der Waals surface area contributed by atoms with E-state index in [1.807, 2.05) is 0 Å². The highest BCUT2D eigenvalue weighted by Gasteiger charge is 2.51. The number of nitrogens with two attached hydrogens (primary N) is 1. The number of nitrogen functional groups attached to an aromatic ring is 1. The molecule has 3 heterocycles. The molecule has 0 spiro atoms. The third kappa shape index (κ3) is 4.29. The van der Waals surface area contributed by atoms with Gasteiger partial charge in [-0.2, -0.15) is 0 Å². The zero-order valence-corrected chi connectivity index (χ0v) is 19.2. The van der Waals surface area contributed by atoms with Gasteiger partial charge in [0.15, 0.2) is 11.5 Å². The van der Waals surface area contributed by atoms with Gasteiger partial charge in [0.05, 0.1) is 47.6 Å². The van der Waals surface area contributed by atoms with Gasteiger partial charge in [0.25, 0.3) is 5.91 Å². The molecule has 1 saturated heterocycles. The summed E-state index contributed by atoms with van der Waals surface area (Å²) in [5.74, 6) is -2.83. The summed E-state index contributed by atoms with van der Waals surface area (Å²) in [6, 6.07) is 4.99. The largest absolute Gasteiger partial charge is 0.396 e. The van der Waals surface area contributed by atoms with Crippen LogP contribution in [0.3, 0.4) is 0 Å². The van der Waals surface area contributed by atoms with Crippen LogP contribution >= 0.6 is 0 Å². The Kier molecular flexibility index (Phi) is 6.37. The number of rotatable bonds is 4. The Morgan fingerprint density at radius 2 is 1.97 bits per heavy atom. The first-order chi connectivity index (χ1) is 17.3. The molecule has 0 unspecified atom stereocenters. The maximum absolute atomic E-state index is 14.2. The summed E-state index contributed by atoms with van der Waals surface area (Å²) in [7, 11) is 0. The number of anilines is 2. The van der Waals surface area contributed by atoms with E-state index in [1.54, 1.807) is 6.07 Å². The van der Waals surface area contributed by atoms with Gasteiger partial charge in [0.2, 0.25) is 0 Å². The van der Waals surface area contributed by atoms with Crippen molar-refractivity contribution in [2.24, 2.45) is 0 Å². The molecule has 5 rings (SSSR count). The maximum atomic E-state index is 14.2. The second kappa shape index (κ2) is 9.49. The number of amides is 1. The molecule has 0 radical (unpaired) electrons. The van der Waals surface area contributed by atoms with Crippen LogP contribution in [0.15, 0.2) is 42.9 Å². The van der Waals surface area contributed by atoms with E-state index in [0.717, 1.165) is 31.2 Å². The predicted molar refractivity (Wildman–Crippen MR) is 126 cm³/mol. The minimum absolute atomic E-state index is 0.0879. The molecule has 9 nitrogen and oxygen atoms in total. The predicted octanol–water partition coefficient (Wildman–Crippen LogP) is 3.15. The SMILES string of the molecule is Nc1cnc(-c2c(F)cccc2F)nc1C(=O)Nc1cnccc1[C@H]1C[C@@H](O)[C@@]2(O)CCCC[C@H]2O1. The second-order valence-corrected chi connectivity index (χ2v) is 9.11. The lowest BCUT2D eigenvalue weighted by atomic mass is 9.74. The second-order valence-electron chi connectivity index (χ2n) is 9.11. The number of aliphatic hydroxyl groups is 2. The third-order valence-corrected chi connectivity index (χ3v) is 6.86. The van der Waals surface area contributed by atoms with Crippen LogP contribution in [0.4, 0.5) is 20.2 Å². The minimum Gasteiger partial charge on any atom is -0.396 e.